The van der Waals surface area contributed by atoms with Crippen LogP contribution in [-0.4, -0.2) is 29.9 Å². The molecule has 1 aliphatic heterocycles. The Balaban J connectivity index is 1.62. The zero-order chi connectivity index (χ0) is 17.1. The molecule has 0 aromatic heterocycles. The second-order valence-corrected chi connectivity index (χ2v) is 6.18. The maximum atomic E-state index is 13.7. The minimum Gasteiger partial charge on any atom is -0.322 e. The Labute approximate surface area is 140 Å². The number of halogens is 2. The quantitative estimate of drug-likeness (QED) is 0.925. The SMILES string of the molecule is C[C@@H](C(=O)Nc1ccc(F)cc1F)N1CC[C@@H](c2ccccc2)C1. The lowest BCUT2D eigenvalue weighted by Crippen LogP contribution is -2.40. The van der Waals surface area contributed by atoms with Crippen LogP contribution in [-0.2, 0) is 4.79 Å². The molecular weight excluding hydrogens is 310 g/mol. The van der Waals surface area contributed by atoms with Gasteiger partial charge in [-0.25, -0.2) is 8.78 Å². The van der Waals surface area contributed by atoms with Gasteiger partial charge >= 0.3 is 0 Å². The number of benzene rings is 2. The molecule has 1 amide bonds. The minimum atomic E-state index is -0.765. The molecule has 1 heterocycles. The van der Waals surface area contributed by atoms with Crippen LogP contribution in [0.1, 0.15) is 24.8 Å². The molecule has 1 aliphatic rings. The first kappa shape index (κ1) is 16.6. The summed E-state index contributed by atoms with van der Waals surface area (Å²) in [6.07, 6.45) is 0.993. The van der Waals surface area contributed by atoms with E-state index in [1.165, 1.54) is 11.6 Å². The maximum Gasteiger partial charge on any atom is 0.241 e. The highest BCUT2D eigenvalue weighted by molar-refractivity contribution is 5.94. The number of hydrogen-bond donors (Lipinski definition) is 1. The van der Waals surface area contributed by atoms with Gasteiger partial charge in [-0.05, 0) is 43.5 Å². The summed E-state index contributed by atoms with van der Waals surface area (Å²) in [4.78, 5) is 14.5. The highest BCUT2D eigenvalue weighted by Crippen LogP contribution is 2.28. The predicted octanol–water partition coefficient (Wildman–Crippen LogP) is 3.78. The van der Waals surface area contributed by atoms with E-state index in [4.69, 9.17) is 0 Å². The molecule has 2 aromatic rings. The molecule has 0 unspecified atom stereocenters. The van der Waals surface area contributed by atoms with Crippen molar-refractivity contribution in [3.8, 4) is 0 Å². The zero-order valence-corrected chi connectivity index (χ0v) is 13.5. The van der Waals surface area contributed by atoms with Gasteiger partial charge in [-0.2, -0.15) is 0 Å². The van der Waals surface area contributed by atoms with Crippen LogP contribution in [0, 0.1) is 11.6 Å². The molecule has 3 rings (SSSR count). The lowest BCUT2D eigenvalue weighted by atomic mass is 9.99. The number of carbonyl (C=O) groups is 1. The fraction of sp³-hybridized carbons (Fsp3) is 0.316. The number of anilines is 1. The normalized spacial score (nSPS) is 19.2. The third-order valence-corrected chi connectivity index (χ3v) is 4.61. The van der Waals surface area contributed by atoms with E-state index in [1.54, 1.807) is 0 Å². The Hall–Kier alpha value is -2.27. The van der Waals surface area contributed by atoms with E-state index in [9.17, 15) is 13.6 Å². The molecule has 0 spiro atoms. The van der Waals surface area contributed by atoms with Crippen LogP contribution in [0.5, 0.6) is 0 Å². The van der Waals surface area contributed by atoms with Gasteiger partial charge < -0.3 is 5.32 Å². The predicted molar refractivity (Wildman–Crippen MR) is 89.8 cm³/mol. The third kappa shape index (κ3) is 3.62. The summed E-state index contributed by atoms with van der Waals surface area (Å²) in [5.74, 6) is -1.30. The average molecular weight is 330 g/mol. The topological polar surface area (TPSA) is 32.3 Å². The van der Waals surface area contributed by atoms with Crippen molar-refractivity contribution in [2.45, 2.75) is 25.3 Å². The van der Waals surface area contributed by atoms with E-state index in [-0.39, 0.29) is 17.6 Å². The van der Waals surface area contributed by atoms with Crippen molar-refractivity contribution in [2.24, 2.45) is 0 Å². The molecular formula is C19H20F2N2O. The highest BCUT2D eigenvalue weighted by atomic mass is 19.1. The lowest BCUT2D eigenvalue weighted by molar-refractivity contribution is -0.120. The van der Waals surface area contributed by atoms with Gasteiger partial charge in [-0.15, -0.1) is 0 Å². The molecule has 1 saturated heterocycles. The number of hydrogen-bond acceptors (Lipinski definition) is 2. The van der Waals surface area contributed by atoms with Crippen LogP contribution in [0.2, 0.25) is 0 Å². The lowest BCUT2D eigenvalue weighted by Gasteiger charge is -2.23. The minimum absolute atomic E-state index is 0.00653. The largest absolute Gasteiger partial charge is 0.322 e. The third-order valence-electron chi connectivity index (χ3n) is 4.61. The number of carbonyl (C=O) groups excluding carboxylic acids is 1. The van der Waals surface area contributed by atoms with E-state index >= 15 is 0 Å². The summed E-state index contributed by atoms with van der Waals surface area (Å²) in [6.45, 7) is 3.43. The summed E-state index contributed by atoms with van der Waals surface area (Å²) >= 11 is 0. The molecule has 0 saturated carbocycles. The van der Waals surface area contributed by atoms with Crippen LogP contribution in [0.4, 0.5) is 14.5 Å². The molecule has 2 aromatic carbocycles. The number of amides is 1. The molecule has 0 aliphatic carbocycles. The standard InChI is InChI=1S/C19H20F2N2O/c1-13(19(24)22-18-8-7-16(20)11-17(18)21)23-10-9-15(12-23)14-5-3-2-4-6-14/h2-8,11,13,15H,9-10,12H2,1H3,(H,22,24)/t13-,15+/m0/s1. The van der Waals surface area contributed by atoms with Crippen LogP contribution in [0.15, 0.2) is 48.5 Å². The first-order valence-electron chi connectivity index (χ1n) is 8.09. The monoisotopic (exact) mass is 330 g/mol. The molecule has 1 fully saturated rings. The summed E-state index contributed by atoms with van der Waals surface area (Å²) in [5, 5.41) is 2.55. The van der Waals surface area contributed by atoms with Crippen LogP contribution in [0.25, 0.3) is 0 Å². The molecule has 2 atom stereocenters. The summed E-state index contributed by atoms with van der Waals surface area (Å²) in [6, 6.07) is 13.0. The second-order valence-electron chi connectivity index (χ2n) is 6.18. The second kappa shape index (κ2) is 7.09. The van der Waals surface area contributed by atoms with Crippen LogP contribution < -0.4 is 5.32 Å². The van der Waals surface area contributed by atoms with E-state index in [0.717, 1.165) is 31.6 Å². The van der Waals surface area contributed by atoms with E-state index < -0.39 is 11.6 Å². The molecule has 3 nitrogen and oxygen atoms in total. The van der Waals surface area contributed by atoms with Gasteiger partial charge in [-0.1, -0.05) is 30.3 Å². The number of nitrogens with zero attached hydrogens (tertiary/aromatic N) is 1. The Morgan fingerprint density at radius 3 is 2.67 bits per heavy atom. The van der Waals surface area contributed by atoms with E-state index in [0.29, 0.717) is 5.92 Å². The molecule has 1 N–H and O–H groups in total. The average Bonchev–Trinajstić information content (AvgIpc) is 3.07. The van der Waals surface area contributed by atoms with E-state index in [1.807, 2.05) is 25.1 Å². The van der Waals surface area contributed by atoms with Gasteiger partial charge in [-0.3, -0.25) is 9.69 Å². The van der Waals surface area contributed by atoms with Crippen molar-refractivity contribution < 1.29 is 13.6 Å². The molecule has 0 bridgehead atoms. The van der Waals surface area contributed by atoms with Crippen molar-refractivity contribution in [1.82, 2.24) is 4.90 Å². The first-order valence-corrected chi connectivity index (χ1v) is 8.09. The summed E-state index contributed by atoms with van der Waals surface area (Å²) in [5.41, 5.74) is 1.28. The Kier molecular flexibility index (Phi) is 4.90. The Morgan fingerprint density at radius 1 is 1.21 bits per heavy atom. The molecule has 126 valence electrons. The van der Waals surface area contributed by atoms with Gasteiger partial charge in [0.05, 0.1) is 11.7 Å². The highest BCUT2D eigenvalue weighted by Gasteiger charge is 2.30. The molecule has 0 radical (unpaired) electrons. The summed E-state index contributed by atoms with van der Waals surface area (Å²) < 4.78 is 26.6. The van der Waals surface area contributed by atoms with Gasteiger partial charge in [0.2, 0.25) is 5.91 Å². The van der Waals surface area contributed by atoms with Crippen molar-refractivity contribution in [3.05, 3.63) is 65.7 Å². The van der Waals surface area contributed by atoms with Crippen molar-refractivity contribution in [2.75, 3.05) is 18.4 Å². The Morgan fingerprint density at radius 2 is 1.96 bits per heavy atom. The van der Waals surface area contributed by atoms with Gasteiger partial charge in [0.15, 0.2) is 0 Å². The van der Waals surface area contributed by atoms with Crippen LogP contribution in [0.3, 0.4) is 0 Å². The van der Waals surface area contributed by atoms with Gasteiger partial charge in [0.1, 0.15) is 11.6 Å². The fourth-order valence-electron chi connectivity index (χ4n) is 3.13. The zero-order valence-electron chi connectivity index (χ0n) is 13.5. The van der Waals surface area contributed by atoms with Gasteiger partial charge in [0.25, 0.3) is 0 Å². The van der Waals surface area contributed by atoms with Crippen molar-refractivity contribution in [3.63, 3.8) is 0 Å². The number of nitrogens with one attached hydrogen (secondary N) is 1. The van der Waals surface area contributed by atoms with Crippen molar-refractivity contribution >= 4 is 11.6 Å². The van der Waals surface area contributed by atoms with E-state index in [2.05, 4.69) is 22.3 Å². The van der Waals surface area contributed by atoms with Gasteiger partial charge in [0, 0.05) is 12.6 Å². The first-order chi connectivity index (χ1) is 11.5. The molecule has 24 heavy (non-hydrogen) atoms. The molecule has 5 heteroatoms. The number of rotatable bonds is 4. The van der Waals surface area contributed by atoms with Crippen molar-refractivity contribution in [1.29, 1.82) is 0 Å². The fourth-order valence-corrected chi connectivity index (χ4v) is 3.13. The van der Waals surface area contributed by atoms with Crippen LogP contribution >= 0.6 is 0 Å². The Bertz CT molecular complexity index is 721. The maximum absolute atomic E-state index is 13.7. The summed E-state index contributed by atoms with van der Waals surface area (Å²) in [7, 11) is 0. The smallest absolute Gasteiger partial charge is 0.241 e. The number of likely N-dealkylation sites (tertiary alicyclic amines) is 1.